The van der Waals surface area contributed by atoms with Crippen molar-refractivity contribution in [2.75, 3.05) is 25.5 Å². The van der Waals surface area contributed by atoms with Crippen LogP contribution in [0.15, 0.2) is 22.9 Å². The van der Waals surface area contributed by atoms with E-state index in [0.717, 1.165) is 4.47 Å². The van der Waals surface area contributed by atoms with Crippen molar-refractivity contribution in [3.05, 3.63) is 28.5 Å². The lowest BCUT2D eigenvalue weighted by Gasteiger charge is -2.36. The molecule has 2 aromatic heterocycles. The molecule has 0 bridgehead atoms. The number of fused-ring (bicyclic) bond motifs is 1. The second-order valence-corrected chi connectivity index (χ2v) is 8.18. The molecule has 10 heteroatoms. The summed E-state index contributed by atoms with van der Waals surface area (Å²) in [4.78, 5) is 25.6. The summed E-state index contributed by atoms with van der Waals surface area (Å²) < 4.78 is 7.94. The summed E-state index contributed by atoms with van der Waals surface area (Å²) in [5.41, 5.74) is 4.48. The predicted octanol–water partition coefficient (Wildman–Crippen LogP) is 0.837. The Labute approximate surface area is 169 Å². The van der Waals surface area contributed by atoms with E-state index in [0.29, 0.717) is 30.6 Å². The second kappa shape index (κ2) is 6.55. The molecule has 0 radical (unpaired) electrons. The molecule has 1 saturated carbocycles. The number of carbonyl (C=O) groups is 2. The van der Waals surface area contributed by atoms with Crippen LogP contribution >= 0.6 is 15.9 Å². The van der Waals surface area contributed by atoms with Crippen molar-refractivity contribution >= 4 is 38.8 Å². The van der Waals surface area contributed by atoms with Gasteiger partial charge in [-0.1, -0.05) is 0 Å². The largest absolute Gasteiger partial charge is 0.377 e. The van der Waals surface area contributed by atoms with Crippen molar-refractivity contribution in [3.63, 3.8) is 0 Å². The van der Waals surface area contributed by atoms with Crippen LogP contribution in [0.1, 0.15) is 23.2 Å². The van der Waals surface area contributed by atoms with E-state index in [-0.39, 0.29) is 17.9 Å². The van der Waals surface area contributed by atoms with Crippen LogP contribution < -0.4 is 16.4 Å². The molecule has 0 aromatic carbocycles. The Morgan fingerprint density at radius 1 is 1.54 bits per heavy atom. The quantitative estimate of drug-likeness (QED) is 0.597. The van der Waals surface area contributed by atoms with Gasteiger partial charge in [0.2, 0.25) is 0 Å². The predicted molar refractivity (Wildman–Crippen MR) is 104 cm³/mol. The smallest absolute Gasteiger partial charge is 0.252 e. The van der Waals surface area contributed by atoms with E-state index in [1.54, 1.807) is 16.8 Å². The highest BCUT2D eigenvalue weighted by Crippen LogP contribution is 2.50. The highest BCUT2D eigenvalue weighted by atomic mass is 79.9. The van der Waals surface area contributed by atoms with Crippen molar-refractivity contribution in [3.8, 4) is 6.07 Å². The highest BCUT2D eigenvalue weighted by molar-refractivity contribution is 9.10. The number of nitrogens with two attached hydrogens (primary N) is 1. The van der Waals surface area contributed by atoms with Gasteiger partial charge in [0.25, 0.3) is 5.91 Å². The number of ketones is 1. The van der Waals surface area contributed by atoms with Crippen molar-refractivity contribution < 1.29 is 14.3 Å². The summed E-state index contributed by atoms with van der Waals surface area (Å²) in [5.74, 6) is -0.894. The van der Waals surface area contributed by atoms with Crippen LogP contribution in [0.25, 0.3) is 5.52 Å². The molecule has 3 heterocycles. The summed E-state index contributed by atoms with van der Waals surface area (Å²) in [6.07, 6.45) is 3.63. The lowest BCUT2D eigenvalue weighted by molar-refractivity contribution is -0.129. The number of rotatable bonds is 6. The molecule has 9 nitrogen and oxygen atoms in total. The molecule has 0 spiro atoms. The lowest BCUT2D eigenvalue weighted by atomic mass is 9.81. The molecule has 2 aromatic rings. The molecule has 2 aliphatic rings. The van der Waals surface area contributed by atoms with E-state index in [1.807, 2.05) is 0 Å². The van der Waals surface area contributed by atoms with E-state index < -0.39 is 23.0 Å². The molecule has 0 unspecified atom stereocenters. The number of hydrogen-bond donors (Lipinski definition) is 3. The van der Waals surface area contributed by atoms with Crippen molar-refractivity contribution in [1.29, 1.82) is 5.26 Å². The number of primary amides is 1. The molecular formula is C18H19BrN6O3. The van der Waals surface area contributed by atoms with Gasteiger partial charge in [-0.15, -0.1) is 0 Å². The summed E-state index contributed by atoms with van der Waals surface area (Å²) >= 11 is 3.40. The number of ether oxygens (including phenoxy) is 1. The van der Waals surface area contributed by atoms with Gasteiger partial charge in [-0.3, -0.25) is 9.59 Å². The summed E-state index contributed by atoms with van der Waals surface area (Å²) in [6.45, 7) is 0.705. The van der Waals surface area contributed by atoms with Gasteiger partial charge in [0.05, 0.1) is 29.0 Å². The first-order valence-corrected chi connectivity index (χ1v) is 9.61. The monoisotopic (exact) mass is 446 g/mol. The van der Waals surface area contributed by atoms with Crippen LogP contribution in [0.4, 0.5) is 5.69 Å². The van der Waals surface area contributed by atoms with E-state index in [4.69, 9.17) is 10.5 Å². The summed E-state index contributed by atoms with van der Waals surface area (Å²) in [6, 6.07) is 3.95. The van der Waals surface area contributed by atoms with Crippen molar-refractivity contribution in [2.24, 2.45) is 11.1 Å². The number of nitrogens with zero attached hydrogens (tertiary/aromatic N) is 3. The van der Waals surface area contributed by atoms with Gasteiger partial charge in [-0.2, -0.15) is 10.4 Å². The molecule has 1 aliphatic carbocycles. The van der Waals surface area contributed by atoms with Crippen molar-refractivity contribution in [1.82, 2.24) is 14.9 Å². The third-order valence-corrected chi connectivity index (χ3v) is 6.02. The van der Waals surface area contributed by atoms with Crippen LogP contribution in [-0.4, -0.2) is 53.1 Å². The third-order valence-electron chi connectivity index (χ3n) is 5.59. The standard InChI is InChI=1S/C18H19BrN6O3/c1-28-13-6-22-9-18(13,16(27)17(8-20)2-3-17)24-14-11(15(21)26)5-23-25-7-10(19)4-12(14)25/h4-5,7,13,22,24H,2-3,6,9H2,1H3,(H2,21,26)/t13-,18+/m0/s1. The molecule has 1 amide bonds. The fraction of sp³-hybridized carbons (Fsp3) is 0.444. The van der Waals surface area contributed by atoms with Crippen LogP contribution in [0.2, 0.25) is 0 Å². The van der Waals surface area contributed by atoms with Crippen LogP contribution in [0, 0.1) is 16.7 Å². The SMILES string of the molecule is CO[C@H]1CNC[C@]1(Nc1c(C(N)=O)cnn2cc(Br)cc12)C(=O)C1(C#N)CC1. The average molecular weight is 447 g/mol. The zero-order valence-corrected chi connectivity index (χ0v) is 16.7. The zero-order valence-electron chi connectivity index (χ0n) is 15.2. The molecule has 2 fully saturated rings. The van der Waals surface area contributed by atoms with Gasteiger partial charge in [0.15, 0.2) is 5.78 Å². The zero-order chi connectivity index (χ0) is 20.1. The minimum absolute atomic E-state index is 0.161. The number of Topliss-reactive ketones (excluding diaryl/α,β-unsaturated/α-hetero) is 1. The number of anilines is 1. The van der Waals surface area contributed by atoms with E-state index in [2.05, 4.69) is 37.7 Å². The highest BCUT2D eigenvalue weighted by Gasteiger charge is 2.62. The molecule has 4 N–H and O–H groups in total. The maximum absolute atomic E-state index is 13.5. The van der Waals surface area contributed by atoms with E-state index in [1.165, 1.54) is 13.3 Å². The summed E-state index contributed by atoms with van der Waals surface area (Å²) in [7, 11) is 1.53. The number of methoxy groups -OCH3 is 1. The molecule has 28 heavy (non-hydrogen) atoms. The Morgan fingerprint density at radius 3 is 2.89 bits per heavy atom. The number of hydrogen-bond acceptors (Lipinski definition) is 7. The number of amides is 1. The second-order valence-electron chi connectivity index (χ2n) is 7.26. The molecule has 4 rings (SSSR count). The Hall–Kier alpha value is -2.48. The van der Waals surface area contributed by atoms with Gasteiger partial charge >= 0.3 is 0 Å². The Balaban J connectivity index is 1.89. The fourth-order valence-electron chi connectivity index (χ4n) is 3.89. The average Bonchev–Trinajstić information content (AvgIpc) is 3.21. The number of aromatic nitrogens is 2. The number of halogens is 1. The minimum Gasteiger partial charge on any atom is -0.377 e. The van der Waals surface area contributed by atoms with Gasteiger partial charge in [0, 0.05) is 30.9 Å². The molecule has 2 atom stereocenters. The van der Waals surface area contributed by atoms with Gasteiger partial charge in [0.1, 0.15) is 17.1 Å². The normalized spacial score (nSPS) is 25.4. The van der Waals surface area contributed by atoms with Crippen molar-refractivity contribution in [2.45, 2.75) is 24.5 Å². The van der Waals surface area contributed by atoms with Crippen LogP contribution in [0.3, 0.4) is 0 Å². The first-order chi connectivity index (χ1) is 13.4. The molecular weight excluding hydrogens is 428 g/mol. The molecule has 146 valence electrons. The number of carbonyl (C=O) groups excluding carboxylic acids is 2. The minimum atomic E-state index is -1.20. The summed E-state index contributed by atoms with van der Waals surface area (Å²) in [5, 5.41) is 20.2. The van der Waals surface area contributed by atoms with E-state index in [9.17, 15) is 14.9 Å². The Kier molecular flexibility index (Phi) is 4.41. The number of nitriles is 1. The van der Waals surface area contributed by atoms with Crippen LogP contribution in [-0.2, 0) is 9.53 Å². The first-order valence-electron chi connectivity index (χ1n) is 8.81. The Bertz CT molecular complexity index is 1020. The van der Waals surface area contributed by atoms with Crippen LogP contribution in [0.5, 0.6) is 0 Å². The topological polar surface area (TPSA) is 135 Å². The lowest BCUT2D eigenvalue weighted by Crippen LogP contribution is -2.59. The van der Waals surface area contributed by atoms with Gasteiger partial charge in [-0.25, -0.2) is 4.52 Å². The Morgan fingerprint density at radius 2 is 2.29 bits per heavy atom. The fourth-order valence-corrected chi connectivity index (χ4v) is 4.30. The molecule has 1 saturated heterocycles. The molecule has 1 aliphatic heterocycles. The first kappa shape index (κ1) is 18.9. The number of nitrogens with one attached hydrogen (secondary N) is 2. The van der Waals surface area contributed by atoms with E-state index >= 15 is 0 Å². The van der Waals surface area contributed by atoms with Gasteiger partial charge in [-0.05, 0) is 34.8 Å². The van der Waals surface area contributed by atoms with Gasteiger partial charge < -0.3 is 21.1 Å². The maximum atomic E-state index is 13.5. The maximum Gasteiger partial charge on any atom is 0.252 e. The third kappa shape index (κ3) is 2.70.